The quantitative estimate of drug-likeness (QED) is 0.528. The van der Waals surface area contributed by atoms with Crippen LogP contribution in [0.3, 0.4) is 0 Å². The van der Waals surface area contributed by atoms with Gasteiger partial charge in [-0.05, 0) is 23.3 Å². The van der Waals surface area contributed by atoms with Crippen molar-refractivity contribution in [2.45, 2.75) is 62.3 Å². The zero-order chi connectivity index (χ0) is 15.4. The molecule has 0 amide bonds. The van der Waals surface area contributed by atoms with Crippen molar-refractivity contribution in [3.05, 3.63) is 10.2 Å². The zero-order valence-electron chi connectivity index (χ0n) is 11.9. The third kappa shape index (κ3) is 4.16. The van der Waals surface area contributed by atoms with E-state index in [1.165, 1.54) is 7.11 Å². The van der Waals surface area contributed by atoms with Crippen LogP contribution in [0.15, 0.2) is 10.2 Å². The van der Waals surface area contributed by atoms with Gasteiger partial charge in [0.25, 0.3) is 0 Å². The second kappa shape index (κ2) is 7.87. The fraction of sp³-hybridized carbons (Fsp3) is 0.786. The lowest BCUT2D eigenvalue weighted by molar-refractivity contribution is -0.262. The Balaban J connectivity index is 1.97. The molecule has 0 bridgehead atoms. The summed E-state index contributed by atoms with van der Waals surface area (Å²) in [6, 6.07) is 0. The van der Waals surface area contributed by atoms with E-state index in [1.807, 2.05) is 10.2 Å². The Morgan fingerprint density at radius 2 is 2.10 bits per heavy atom. The molecule has 0 saturated carbocycles. The highest BCUT2D eigenvalue weighted by Gasteiger charge is 2.47. The van der Waals surface area contributed by atoms with Crippen LogP contribution >= 0.6 is 22.6 Å². The van der Waals surface area contributed by atoms with Gasteiger partial charge in [-0.1, -0.05) is 28.7 Å². The van der Waals surface area contributed by atoms with Gasteiger partial charge < -0.3 is 24.4 Å². The van der Waals surface area contributed by atoms with E-state index in [-0.39, 0.29) is 24.6 Å². The Kier molecular flexibility index (Phi) is 6.42. The van der Waals surface area contributed by atoms with Gasteiger partial charge in [-0.25, -0.2) is 0 Å². The summed E-state index contributed by atoms with van der Waals surface area (Å²) in [5.74, 6) is -0.338. The summed E-state index contributed by atoms with van der Waals surface area (Å²) in [4.78, 5) is 11.3. The van der Waals surface area contributed by atoms with Crippen molar-refractivity contribution in [2.75, 3.05) is 7.11 Å². The summed E-state index contributed by atoms with van der Waals surface area (Å²) >= 11 is 2.10. The molecule has 2 saturated heterocycles. The number of fused-ring (bicyclic) bond motifs is 1. The second-order valence-electron chi connectivity index (χ2n) is 5.37. The Bertz CT molecular complexity index is 386. The van der Waals surface area contributed by atoms with Gasteiger partial charge in [0.2, 0.25) is 0 Å². The maximum Gasteiger partial charge on any atom is 0.308 e. The minimum atomic E-state index is -1.00. The average molecular weight is 412 g/mol. The maximum absolute atomic E-state index is 11.3. The summed E-state index contributed by atoms with van der Waals surface area (Å²) < 4.78 is 18.1. The largest absolute Gasteiger partial charge is 0.469 e. The second-order valence-corrected chi connectivity index (χ2v) is 6.09. The smallest absolute Gasteiger partial charge is 0.308 e. The average Bonchev–Trinajstić information content (AvgIpc) is 2.49. The highest BCUT2D eigenvalue weighted by Crippen LogP contribution is 2.34. The number of hydrogen-bond acceptors (Lipinski definition) is 6. The van der Waals surface area contributed by atoms with Crippen LogP contribution in [0.2, 0.25) is 0 Å². The number of halogens is 1. The first-order valence-corrected chi connectivity index (χ1v) is 8.30. The maximum atomic E-state index is 11.3. The van der Waals surface area contributed by atoms with Crippen LogP contribution in [-0.2, 0) is 19.0 Å². The monoisotopic (exact) mass is 412 g/mol. The van der Waals surface area contributed by atoms with Crippen LogP contribution < -0.4 is 0 Å². The first kappa shape index (κ1) is 17.1. The number of aliphatic hydroxyl groups is 2. The molecule has 0 spiro atoms. The van der Waals surface area contributed by atoms with Crippen molar-refractivity contribution in [2.24, 2.45) is 0 Å². The van der Waals surface area contributed by atoms with Crippen molar-refractivity contribution in [3.8, 4) is 0 Å². The SMILES string of the molecule is COC(=O)C[C@H]1CC[C@@H]2O[C@@H](C/C=C/I)[C@@H](O)[C@@H](O)[C@H]2O1. The molecule has 0 radical (unpaired) electrons. The molecule has 6 nitrogen and oxygen atoms in total. The highest BCUT2D eigenvalue weighted by molar-refractivity contribution is 14.1. The number of rotatable bonds is 4. The molecule has 6 atom stereocenters. The molecule has 2 aliphatic rings. The summed E-state index contributed by atoms with van der Waals surface area (Å²) in [5, 5.41) is 20.4. The summed E-state index contributed by atoms with van der Waals surface area (Å²) in [7, 11) is 1.33. The molecule has 0 unspecified atom stereocenters. The van der Waals surface area contributed by atoms with Gasteiger partial charge in [-0.2, -0.15) is 0 Å². The number of carbonyl (C=O) groups excluding carboxylic acids is 1. The molecule has 2 fully saturated rings. The first-order valence-electron chi connectivity index (χ1n) is 7.06. The molecule has 0 aliphatic carbocycles. The molecule has 0 aromatic carbocycles. The number of aliphatic hydroxyl groups excluding tert-OH is 2. The predicted octanol–water partition coefficient (Wildman–Crippen LogP) is 0.925. The molecular weight excluding hydrogens is 391 g/mol. The van der Waals surface area contributed by atoms with E-state index < -0.39 is 24.4 Å². The van der Waals surface area contributed by atoms with Gasteiger partial charge in [-0.3, -0.25) is 4.79 Å². The Labute approximate surface area is 137 Å². The van der Waals surface area contributed by atoms with E-state index >= 15 is 0 Å². The highest BCUT2D eigenvalue weighted by atomic mass is 127. The van der Waals surface area contributed by atoms with Crippen LogP contribution in [0.25, 0.3) is 0 Å². The lowest BCUT2D eigenvalue weighted by Gasteiger charge is -2.46. The van der Waals surface area contributed by atoms with Gasteiger partial charge in [0, 0.05) is 0 Å². The molecule has 2 rings (SSSR count). The zero-order valence-corrected chi connectivity index (χ0v) is 14.0. The minimum Gasteiger partial charge on any atom is -0.469 e. The van der Waals surface area contributed by atoms with Gasteiger partial charge in [-0.15, -0.1) is 0 Å². The molecule has 120 valence electrons. The molecule has 0 aromatic heterocycles. The molecule has 2 aliphatic heterocycles. The molecule has 2 heterocycles. The Hall–Kier alpha value is -0.220. The fourth-order valence-electron chi connectivity index (χ4n) is 2.86. The standard InChI is InChI=1S/C14H21IO6/c1-19-11(16)7-8-4-5-10-14(20-8)13(18)12(17)9(21-10)3-2-6-15/h2,6,8-10,12-14,17-18H,3-5,7H2,1H3/b6-2+/t8-,9+,10+,12-,13-,14+/m1/s1. The lowest BCUT2D eigenvalue weighted by atomic mass is 9.88. The van der Waals surface area contributed by atoms with Crippen LogP contribution in [0.4, 0.5) is 0 Å². The summed E-state index contributed by atoms with van der Waals surface area (Å²) in [6.07, 6.45) is 0.419. The Morgan fingerprint density at radius 1 is 1.33 bits per heavy atom. The topological polar surface area (TPSA) is 85.2 Å². The number of esters is 1. The fourth-order valence-corrected chi connectivity index (χ4v) is 3.15. The van der Waals surface area contributed by atoms with Gasteiger partial charge >= 0.3 is 5.97 Å². The van der Waals surface area contributed by atoms with Crippen molar-refractivity contribution in [3.63, 3.8) is 0 Å². The molecular formula is C14H21IO6. The third-order valence-electron chi connectivity index (χ3n) is 3.99. The van der Waals surface area contributed by atoms with E-state index in [1.54, 1.807) is 0 Å². The first-order chi connectivity index (χ1) is 10.1. The molecule has 7 heteroatoms. The third-order valence-corrected chi connectivity index (χ3v) is 4.49. The Morgan fingerprint density at radius 3 is 2.76 bits per heavy atom. The van der Waals surface area contributed by atoms with Gasteiger partial charge in [0.05, 0.1) is 31.8 Å². The van der Waals surface area contributed by atoms with Crippen LogP contribution in [0, 0.1) is 0 Å². The number of carbonyl (C=O) groups is 1. The number of ether oxygens (including phenoxy) is 3. The van der Waals surface area contributed by atoms with Crippen molar-refractivity contribution >= 4 is 28.6 Å². The lowest BCUT2D eigenvalue weighted by Crippen LogP contribution is -2.60. The van der Waals surface area contributed by atoms with Crippen LogP contribution in [0.1, 0.15) is 25.7 Å². The van der Waals surface area contributed by atoms with Gasteiger partial charge in [0.15, 0.2) is 0 Å². The van der Waals surface area contributed by atoms with E-state index in [0.717, 1.165) is 0 Å². The van der Waals surface area contributed by atoms with Crippen molar-refractivity contribution < 1.29 is 29.2 Å². The van der Waals surface area contributed by atoms with Crippen LogP contribution in [-0.4, -0.2) is 59.9 Å². The van der Waals surface area contributed by atoms with Crippen LogP contribution in [0.5, 0.6) is 0 Å². The van der Waals surface area contributed by atoms with Gasteiger partial charge in [0.1, 0.15) is 18.3 Å². The van der Waals surface area contributed by atoms with E-state index in [9.17, 15) is 15.0 Å². The summed E-state index contributed by atoms with van der Waals surface area (Å²) in [6.45, 7) is 0. The van der Waals surface area contributed by atoms with E-state index in [2.05, 4.69) is 27.3 Å². The van der Waals surface area contributed by atoms with Crippen molar-refractivity contribution in [1.82, 2.24) is 0 Å². The minimum absolute atomic E-state index is 0.156. The summed E-state index contributed by atoms with van der Waals surface area (Å²) in [5.41, 5.74) is 0. The number of methoxy groups -OCH3 is 1. The molecule has 0 aromatic rings. The van der Waals surface area contributed by atoms with E-state index in [4.69, 9.17) is 9.47 Å². The molecule has 21 heavy (non-hydrogen) atoms. The predicted molar refractivity (Wildman–Crippen MR) is 83.0 cm³/mol. The normalized spacial score (nSPS) is 40.0. The number of hydrogen-bond donors (Lipinski definition) is 2. The van der Waals surface area contributed by atoms with Crippen molar-refractivity contribution in [1.29, 1.82) is 0 Å². The van der Waals surface area contributed by atoms with E-state index in [0.29, 0.717) is 19.3 Å². The molecule has 2 N–H and O–H groups in total.